The topological polar surface area (TPSA) is 80.8 Å². The number of likely N-dealkylation sites (N-methyl/N-ethyl adjacent to an activating group) is 1. The summed E-state index contributed by atoms with van der Waals surface area (Å²) in [5.41, 5.74) is 0. The Bertz CT molecular complexity index is 403. The third-order valence-electron chi connectivity index (χ3n) is 2.70. The maximum absolute atomic E-state index is 11.7. The first kappa shape index (κ1) is 14.0. The third kappa shape index (κ3) is 3.42. The first-order valence-corrected chi connectivity index (χ1v) is 7.41. The van der Waals surface area contributed by atoms with Crippen molar-refractivity contribution in [2.75, 3.05) is 24.7 Å². The lowest BCUT2D eigenvalue weighted by Crippen LogP contribution is -2.45. The van der Waals surface area contributed by atoms with Gasteiger partial charge >= 0.3 is 11.9 Å². The molecule has 0 N–H and O–H groups in total. The number of hydrogen-bond acceptors (Lipinski definition) is 5. The van der Waals surface area contributed by atoms with Crippen LogP contribution in [-0.4, -0.2) is 55.9 Å². The van der Waals surface area contributed by atoms with Gasteiger partial charge in [0, 0.05) is 12.6 Å². The van der Waals surface area contributed by atoms with Crippen LogP contribution >= 0.6 is 0 Å². The molecule has 0 saturated carbocycles. The first-order valence-electron chi connectivity index (χ1n) is 5.59. The number of esters is 1. The molecule has 6 nitrogen and oxygen atoms in total. The number of hydrogen-bond donors (Lipinski definition) is 0. The average molecular weight is 263 g/mol. The van der Waals surface area contributed by atoms with Gasteiger partial charge in [0.15, 0.2) is 9.84 Å². The molecule has 7 heteroatoms. The minimum absolute atomic E-state index is 0.0635. The van der Waals surface area contributed by atoms with E-state index >= 15 is 0 Å². The van der Waals surface area contributed by atoms with Crippen LogP contribution in [0.1, 0.15) is 20.3 Å². The second-order valence-electron chi connectivity index (χ2n) is 3.87. The van der Waals surface area contributed by atoms with E-state index in [0.717, 1.165) is 0 Å². The molecule has 1 aliphatic heterocycles. The standard InChI is InChI=1S/C10H17NO5S/c1-3-11(9(12)10(13)16-4-2)8-5-6-17(14,15)7-8/h8H,3-7H2,1-2H3/t8-/m1/s1. The van der Waals surface area contributed by atoms with Crippen LogP contribution < -0.4 is 0 Å². The summed E-state index contributed by atoms with van der Waals surface area (Å²) < 4.78 is 27.3. The Morgan fingerprint density at radius 2 is 2.00 bits per heavy atom. The molecule has 98 valence electrons. The molecule has 1 rings (SSSR count). The van der Waals surface area contributed by atoms with Crippen LogP contribution in [0.4, 0.5) is 0 Å². The molecule has 0 aromatic carbocycles. The van der Waals surface area contributed by atoms with Gasteiger partial charge in [0.2, 0.25) is 0 Å². The Balaban J connectivity index is 2.72. The van der Waals surface area contributed by atoms with Gasteiger partial charge in [-0.05, 0) is 20.3 Å². The van der Waals surface area contributed by atoms with Gasteiger partial charge < -0.3 is 9.64 Å². The molecule has 0 radical (unpaired) electrons. The molecule has 0 bridgehead atoms. The highest BCUT2D eigenvalue weighted by Gasteiger charge is 2.36. The largest absolute Gasteiger partial charge is 0.459 e. The lowest BCUT2D eigenvalue weighted by molar-refractivity contribution is -0.160. The fourth-order valence-electron chi connectivity index (χ4n) is 1.90. The molecule has 0 unspecified atom stereocenters. The van der Waals surface area contributed by atoms with Crippen LogP contribution in [-0.2, 0) is 24.2 Å². The van der Waals surface area contributed by atoms with Crippen molar-refractivity contribution in [3.05, 3.63) is 0 Å². The van der Waals surface area contributed by atoms with E-state index in [1.165, 1.54) is 4.90 Å². The molecule has 0 aromatic rings. The van der Waals surface area contributed by atoms with Gasteiger partial charge in [-0.15, -0.1) is 0 Å². The number of amides is 1. The molecule has 1 fully saturated rings. The lowest BCUT2D eigenvalue weighted by atomic mass is 10.2. The maximum atomic E-state index is 11.7. The molecule has 17 heavy (non-hydrogen) atoms. The van der Waals surface area contributed by atoms with Gasteiger partial charge in [0.25, 0.3) is 0 Å². The summed E-state index contributed by atoms with van der Waals surface area (Å²) >= 11 is 0. The van der Waals surface area contributed by atoms with E-state index in [9.17, 15) is 18.0 Å². The zero-order valence-corrected chi connectivity index (χ0v) is 10.8. The Kier molecular flexibility index (Phi) is 4.50. The predicted molar refractivity (Wildman–Crippen MR) is 61.1 cm³/mol. The zero-order chi connectivity index (χ0) is 13.1. The van der Waals surface area contributed by atoms with Gasteiger partial charge in [-0.2, -0.15) is 0 Å². The van der Waals surface area contributed by atoms with Crippen molar-refractivity contribution in [2.24, 2.45) is 0 Å². The fraction of sp³-hybridized carbons (Fsp3) is 0.800. The number of nitrogens with zero attached hydrogens (tertiary/aromatic N) is 1. The maximum Gasteiger partial charge on any atom is 0.397 e. The quantitative estimate of drug-likeness (QED) is 0.510. The molecule has 1 saturated heterocycles. The van der Waals surface area contributed by atoms with Crippen molar-refractivity contribution in [3.63, 3.8) is 0 Å². The summed E-state index contributed by atoms with van der Waals surface area (Å²) in [5.74, 6) is -1.66. The minimum atomic E-state index is -3.07. The van der Waals surface area contributed by atoms with E-state index in [4.69, 9.17) is 0 Å². The van der Waals surface area contributed by atoms with Gasteiger partial charge in [-0.25, -0.2) is 13.2 Å². The van der Waals surface area contributed by atoms with E-state index < -0.39 is 27.8 Å². The highest BCUT2D eigenvalue weighted by molar-refractivity contribution is 7.91. The number of sulfone groups is 1. The van der Waals surface area contributed by atoms with Crippen LogP contribution in [0.15, 0.2) is 0 Å². The third-order valence-corrected chi connectivity index (χ3v) is 4.45. The van der Waals surface area contributed by atoms with Crippen LogP contribution in [0.3, 0.4) is 0 Å². The van der Waals surface area contributed by atoms with E-state index in [0.29, 0.717) is 13.0 Å². The molecular formula is C10H17NO5S. The minimum Gasteiger partial charge on any atom is -0.459 e. The van der Waals surface area contributed by atoms with Crippen molar-refractivity contribution in [3.8, 4) is 0 Å². The SMILES string of the molecule is CCOC(=O)C(=O)N(CC)[C@@H]1CCS(=O)(=O)C1. The molecular weight excluding hydrogens is 246 g/mol. The average Bonchev–Trinajstić information content (AvgIpc) is 2.60. The summed E-state index contributed by atoms with van der Waals surface area (Å²) in [7, 11) is -3.07. The van der Waals surface area contributed by atoms with E-state index in [1.807, 2.05) is 0 Å². The van der Waals surface area contributed by atoms with Crippen LogP contribution in [0.25, 0.3) is 0 Å². The molecule has 1 heterocycles. The van der Waals surface area contributed by atoms with E-state index in [2.05, 4.69) is 4.74 Å². The van der Waals surface area contributed by atoms with Crippen LogP contribution in [0, 0.1) is 0 Å². The Morgan fingerprint density at radius 3 is 2.41 bits per heavy atom. The number of carbonyl (C=O) groups is 2. The molecule has 1 atom stereocenters. The second-order valence-corrected chi connectivity index (χ2v) is 6.10. The first-order chi connectivity index (χ1) is 7.91. The summed E-state index contributed by atoms with van der Waals surface area (Å²) in [4.78, 5) is 24.3. The summed E-state index contributed by atoms with van der Waals surface area (Å²) in [6, 6.07) is -0.401. The van der Waals surface area contributed by atoms with Gasteiger partial charge in [-0.1, -0.05) is 0 Å². The molecule has 0 aromatic heterocycles. The molecule has 0 spiro atoms. The summed E-state index contributed by atoms with van der Waals surface area (Å²) in [6.45, 7) is 3.76. The highest BCUT2D eigenvalue weighted by Crippen LogP contribution is 2.17. The summed E-state index contributed by atoms with van der Waals surface area (Å²) in [5, 5.41) is 0. The van der Waals surface area contributed by atoms with Crippen molar-refractivity contribution in [2.45, 2.75) is 26.3 Å². The number of carbonyl (C=O) groups excluding carboxylic acids is 2. The highest BCUT2D eigenvalue weighted by atomic mass is 32.2. The van der Waals surface area contributed by atoms with Crippen molar-refractivity contribution < 1.29 is 22.7 Å². The summed E-state index contributed by atoms with van der Waals surface area (Å²) in [6.07, 6.45) is 0.390. The van der Waals surface area contributed by atoms with Crippen LogP contribution in [0.5, 0.6) is 0 Å². The van der Waals surface area contributed by atoms with Crippen molar-refractivity contribution >= 4 is 21.7 Å². The lowest BCUT2D eigenvalue weighted by Gasteiger charge is -2.25. The number of ether oxygens (including phenoxy) is 1. The fourth-order valence-corrected chi connectivity index (χ4v) is 3.63. The number of rotatable bonds is 3. The molecule has 1 amide bonds. The normalized spacial score (nSPS) is 22.1. The van der Waals surface area contributed by atoms with E-state index in [1.54, 1.807) is 13.8 Å². The smallest absolute Gasteiger partial charge is 0.397 e. The Labute approximate surface area is 101 Å². The van der Waals surface area contributed by atoms with Gasteiger partial charge in [0.1, 0.15) is 0 Å². The van der Waals surface area contributed by atoms with Gasteiger partial charge in [-0.3, -0.25) is 4.79 Å². The zero-order valence-electron chi connectivity index (χ0n) is 10.0. The predicted octanol–water partition coefficient (Wildman–Crippen LogP) is -0.415. The van der Waals surface area contributed by atoms with Crippen molar-refractivity contribution in [1.82, 2.24) is 4.90 Å². The van der Waals surface area contributed by atoms with E-state index in [-0.39, 0.29) is 18.1 Å². The molecule has 0 aliphatic carbocycles. The van der Waals surface area contributed by atoms with Gasteiger partial charge in [0.05, 0.1) is 18.1 Å². The van der Waals surface area contributed by atoms with Crippen molar-refractivity contribution in [1.29, 1.82) is 0 Å². The Hall–Kier alpha value is -1.11. The molecule has 1 aliphatic rings. The van der Waals surface area contributed by atoms with Crippen LogP contribution in [0.2, 0.25) is 0 Å². The second kappa shape index (κ2) is 5.48. The monoisotopic (exact) mass is 263 g/mol. The Morgan fingerprint density at radius 1 is 1.35 bits per heavy atom.